The van der Waals surface area contributed by atoms with Crippen LogP contribution in [0.3, 0.4) is 0 Å². The highest BCUT2D eigenvalue weighted by molar-refractivity contribution is 5.81. The minimum atomic E-state index is -0.264. The summed E-state index contributed by atoms with van der Waals surface area (Å²) in [5, 5.41) is 0. The smallest absolute Gasteiger partial charge is 0.251 e. The molecule has 74 valence electrons. The molecule has 2 fully saturated rings. The normalized spacial score (nSPS) is 33.8. The van der Waals surface area contributed by atoms with Crippen molar-refractivity contribution < 1.29 is 9.53 Å². The van der Waals surface area contributed by atoms with Crippen LogP contribution in [0.4, 0.5) is 0 Å². The van der Waals surface area contributed by atoms with Gasteiger partial charge in [-0.3, -0.25) is 4.79 Å². The number of carbonyl (C=O) groups is 1. The third-order valence-electron chi connectivity index (χ3n) is 3.24. The van der Waals surface area contributed by atoms with Gasteiger partial charge < -0.3 is 9.64 Å². The molecule has 1 amide bonds. The Morgan fingerprint density at radius 1 is 1.62 bits per heavy atom. The second-order valence-electron chi connectivity index (χ2n) is 4.11. The average Bonchev–Trinajstić information content (AvgIpc) is 2.93. The quantitative estimate of drug-likeness (QED) is 0.640. The molecule has 0 aromatic heterocycles. The van der Waals surface area contributed by atoms with Gasteiger partial charge in [0.15, 0.2) is 0 Å². The molecule has 0 aromatic rings. The Hall–Kier alpha value is -0.570. The number of fused-ring (bicyclic) bond motifs is 1. The molecule has 1 aliphatic heterocycles. The van der Waals surface area contributed by atoms with Crippen LogP contribution >= 0.6 is 0 Å². The van der Waals surface area contributed by atoms with Gasteiger partial charge in [0.2, 0.25) is 0 Å². The Morgan fingerprint density at radius 2 is 2.38 bits per heavy atom. The van der Waals surface area contributed by atoms with Crippen molar-refractivity contribution in [2.75, 3.05) is 13.7 Å². The van der Waals surface area contributed by atoms with Gasteiger partial charge in [0.05, 0.1) is 0 Å². The maximum Gasteiger partial charge on any atom is 0.251 e. The van der Waals surface area contributed by atoms with Crippen molar-refractivity contribution in [1.29, 1.82) is 0 Å². The van der Waals surface area contributed by atoms with E-state index in [4.69, 9.17) is 4.74 Å². The largest absolute Gasteiger partial charge is 0.372 e. The summed E-state index contributed by atoms with van der Waals surface area (Å²) in [5.74, 6) is 0.983. The molecule has 1 heterocycles. The van der Waals surface area contributed by atoms with Crippen LogP contribution in [0.15, 0.2) is 0 Å². The molecule has 0 bridgehead atoms. The number of carbonyl (C=O) groups excluding carboxylic acids is 1. The van der Waals surface area contributed by atoms with E-state index in [1.54, 1.807) is 7.11 Å². The summed E-state index contributed by atoms with van der Waals surface area (Å²) < 4.78 is 5.04. The molecule has 1 saturated heterocycles. The number of rotatable bonds is 2. The molecule has 2 aliphatic rings. The molecule has 13 heavy (non-hydrogen) atoms. The number of ether oxygens (including phenoxy) is 1. The second-order valence-corrected chi connectivity index (χ2v) is 4.11. The van der Waals surface area contributed by atoms with E-state index < -0.39 is 0 Å². The molecule has 2 rings (SSSR count). The Bertz CT molecular complexity index is 217. The summed E-state index contributed by atoms with van der Waals surface area (Å²) in [6, 6.07) is 0.554. The third-order valence-corrected chi connectivity index (χ3v) is 3.24. The van der Waals surface area contributed by atoms with Gasteiger partial charge in [-0.05, 0) is 32.1 Å². The first-order valence-corrected chi connectivity index (χ1v) is 5.07. The molecule has 1 aliphatic carbocycles. The van der Waals surface area contributed by atoms with Crippen LogP contribution in [0.2, 0.25) is 0 Å². The van der Waals surface area contributed by atoms with Gasteiger partial charge in [-0.15, -0.1) is 0 Å². The molecule has 1 saturated carbocycles. The summed E-state index contributed by atoms with van der Waals surface area (Å²) in [6.45, 7) is 2.77. The lowest BCUT2D eigenvalue weighted by Crippen LogP contribution is -2.43. The number of amides is 1. The van der Waals surface area contributed by atoms with E-state index in [0.29, 0.717) is 6.04 Å². The third kappa shape index (κ3) is 1.57. The Labute approximate surface area is 79.0 Å². The highest BCUT2D eigenvalue weighted by Gasteiger charge is 2.46. The Morgan fingerprint density at radius 3 is 3.08 bits per heavy atom. The fourth-order valence-corrected chi connectivity index (χ4v) is 2.22. The monoisotopic (exact) mass is 183 g/mol. The molecular formula is C10H17NO2. The second kappa shape index (κ2) is 3.29. The van der Waals surface area contributed by atoms with Gasteiger partial charge in [0, 0.05) is 19.7 Å². The van der Waals surface area contributed by atoms with E-state index in [1.807, 2.05) is 11.8 Å². The van der Waals surface area contributed by atoms with Crippen molar-refractivity contribution in [2.45, 2.75) is 38.3 Å². The van der Waals surface area contributed by atoms with Gasteiger partial charge in [-0.25, -0.2) is 0 Å². The van der Waals surface area contributed by atoms with Crippen molar-refractivity contribution in [3.05, 3.63) is 0 Å². The van der Waals surface area contributed by atoms with Crippen molar-refractivity contribution >= 4 is 5.91 Å². The maximum absolute atomic E-state index is 11.8. The summed E-state index contributed by atoms with van der Waals surface area (Å²) in [5.41, 5.74) is 0. The predicted molar refractivity (Wildman–Crippen MR) is 49.3 cm³/mol. The van der Waals surface area contributed by atoms with E-state index in [9.17, 15) is 4.79 Å². The number of nitrogens with zero attached hydrogens (tertiary/aromatic N) is 1. The van der Waals surface area contributed by atoms with E-state index in [-0.39, 0.29) is 12.0 Å². The van der Waals surface area contributed by atoms with Gasteiger partial charge in [-0.1, -0.05) is 0 Å². The van der Waals surface area contributed by atoms with E-state index >= 15 is 0 Å². The fourth-order valence-electron chi connectivity index (χ4n) is 2.22. The van der Waals surface area contributed by atoms with Gasteiger partial charge >= 0.3 is 0 Å². The molecule has 0 aromatic carbocycles. The molecule has 0 spiro atoms. The van der Waals surface area contributed by atoms with Crippen molar-refractivity contribution in [2.24, 2.45) is 5.92 Å². The van der Waals surface area contributed by atoms with Crippen LogP contribution in [0, 0.1) is 5.92 Å². The summed E-state index contributed by atoms with van der Waals surface area (Å²) in [7, 11) is 1.59. The van der Waals surface area contributed by atoms with Crippen molar-refractivity contribution in [3.8, 4) is 0 Å². The minimum Gasteiger partial charge on any atom is -0.372 e. The maximum atomic E-state index is 11.8. The first kappa shape index (κ1) is 9.00. The molecule has 0 N–H and O–H groups in total. The average molecular weight is 183 g/mol. The molecule has 3 atom stereocenters. The molecule has 3 unspecified atom stereocenters. The van der Waals surface area contributed by atoms with Crippen LogP contribution in [-0.4, -0.2) is 36.6 Å². The first-order valence-electron chi connectivity index (χ1n) is 5.07. The van der Waals surface area contributed by atoms with Crippen molar-refractivity contribution in [1.82, 2.24) is 4.90 Å². The lowest BCUT2D eigenvalue weighted by Gasteiger charge is -2.28. The van der Waals surface area contributed by atoms with Crippen LogP contribution < -0.4 is 0 Å². The zero-order valence-electron chi connectivity index (χ0n) is 8.32. The predicted octanol–water partition coefficient (Wildman–Crippen LogP) is 1.03. The Balaban J connectivity index is 1.95. The summed E-state index contributed by atoms with van der Waals surface area (Å²) >= 11 is 0. The van der Waals surface area contributed by atoms with E-state index in [1.165, 1.54) is 19.3 Å². The highest BCUT2D eigenvalue weighted by Crippen LogP contribution is 2.43. The van der Waals surface area contributed by atoms with Crippen LogP contribution in [-0.2, 0) is 9.53 Å². The fraction of sp³-hybridized carbons (Fsp3) is 0.900. The number of methoxy groups -OCH3 is 1. The zero-order chi connectivity index (χ0) is 9.42. The lowest BCUT2D eigenvalue weighted by atomic mass is 10.1. The first-order chi connectivity index (χ1) is 6.24. The number of hydrogen-bond donors (Lipinski definition) is 0. The SMILES string of the molecule is COC(C)C(=O)N1CCCC2CC21. The van der Waals surface area contributed by atoms with Gasteiger partial charge in [0.1, 0.15) is 6.10 Å². The van der Waals surface area contributed by atoms with Gasteiger partial charge in [-0.2, -0.15) is 0 Å². The molecular weight excluding hydrogens is 166 g/mol. The molecule has 3 nitrogen and oxygen atoms in total. The number of likely N-dealkylation sites (tertiary alicyclic amines) is 1. The molecule has 0 radical (unpaired) electrons. The van der Waals surface area contributed by atoms with E-state index in [2.05, 4.69) is 0 Å². The van der Waals surface area contributed by atoms with Crippen LogP contribution in [0.25, 0.3) is 0 Å². The number of hydrogen-bond acceptors (Lipinski definition) is 2. The van der Waals surface area contributed by atoms with Gasteiger partial charge in [0.25, 0.3) is 5.91 Å². The van der Waals surface area contributed by atoms with Crippen molar-refractivity contribution in [3.63, 3.8) is 0 Å². The van der Waals surface area contributed by atoms with Crippen LogP contribution in [0.1, 0.15) is 26.2 Å². The minimum absolute atomic E-state index is 0.176. The highest BCUT2D eigenvalue weighted by atomic mass is 16.5. The topological polar surface area (TPSA) is 29.5 Å². The summed E-state index contributed by atoms with van der Waals surface area (Å²) in [6.07, 6.45) is 3.45. The zero-order valence-corrected chi connectivity index (χ0v) is 8.32. The van der Waals surface area contributed by atoms with Crippen LogP contribution in [0.5, 0.6) is 0 Å². The Kier molecular flexibility index (Phi) is 2.28. The van der Waals surface area contributed by atoms with E-state index in [0.717, 1.165) is 12.5 Å². The molecule has 3 heteroatoms. The lowest BCUT2D eigenvalue weighted by molar-refractivity contribution is -0.142. The number of piperidine rings is 1. The standard InChI is InChI=1S/C10H17NO2/c1-7(13-2)10(12)11-5-3-4-8-6-9(8)11/h7-9H,3-6H2,1-2H3. The summed E-state index contributed by atoms with van der Waals surface area (Å²) in [4.78, 5) is 13.8.